The molecule has 0 aliphatic heterocycles. The molecule has 178 valence electrons. The zero-order chi connectivity index (χ0) is 24.6. The molecule has 3 N–H and O–H groups in total. The molecule has 0 fully saturated rings. The number of anilines is 1. The third-order valence-electron chi connectivity index (χ3n) is 4.94. The van der Waals surface area contributed by atoms with E-state index in [0.717, 1.165) is 4.90 Å². The molecule has 35 heavy (non-hydrogen) atoms. The summed E-state index contributed by atoms with van der Waals surface area (Å²) in [5.41, 5.74) is 1.66. The average molecular weight is 492 g/mol. The number of phenolic OH excluding ortho intramolecular Hbond substituents is 2. The van der Waals surface area contributed by atoms with Crippen LogP contribution in [0.3, 0.4) is 0 Å². The molecular formula is C27H22FNO5S. The van der Waals surface area contributed by atoms with E-state index < -0.39 is 11.8 Å². The predicted octanol–water partition coefficient (Wildman–Crippen LogP) is 6.26. The van der Waals surface area contributed by atoms with Crippen LogP contribution in [0, 0.1) is 5.82 Å². The number of ether oxygens (including phenoxy) is 2. The smallest absolute Gasteiger partial charge is 0.342 e. The minimum absolute atomic E-state index is 0.0134. The van der Waals surface area contributed by atoms with Crippen molar-refractivity contribution in [3.8, 4) is 28.4 Å². The Balaban J connectivity index is 1.32. The van der Waals surface area contributed by atoms with E-state index in [0.29, 0.717) is 22.6 Å². The van der Waals surface area contributed by atoms with Crippen LogP contribution >= 0.6 is 11.9 Å². The molecule has 0 amide bonds. The van der Waals surface area contributed by atoms with Crippen LogP contribution in [0.4, 0.5) is 10.1 Å². The highest BCUT2D eigenvalue weighted by molar-refractivity contribution is 8.00. The van der Waals surface area contributed by atoms with Crippen molar-refractivity contribution in [1.29, 1.82) is 0 Å². The largest absolute Gasteiger partial charge is 0.507 e. The molecule has 4 aromatic rings. The third kappa shape index (κ3) is 6.45. The Kier molecular flexibility index (Phi) is 7.74. The maximum absolute atomic E-state index is 13.6. The van der Waals surface area contributed by atoms with Crippen molar-refractivity contribution in [1.82, 2.24) is 0 Å². The number of phenols is 2. The van der Waals surface area contributed by atoms with E-state index in [2.05, 4.69) is 4.72 Å². The average Bonchev–Trinajstić information content (AvgIpc) is 2.87. The topological polar surface area (TPSA) is 88.0 Å². The van der Waals surface area contributed by atoms with E-state index in [9.17, 15) is 19.4 Å². The SMILES string of the molecule is O=C(OCCOc1ccccc1)c1ccc(NSc2cccc(-c3cc(F)ccc3O)c2)cc1O. The fourth-order valence-electron chi connectivity index (χ4n) is 3.24. The van der Waals surface area contributed by atoms with Crippen molar-refractivity contribution < 1.29 is 28.9 Å². The number of hydrogen-bond acceptors (Lipinski definition) is 7. The number of hydrogen-bond donors (Lipinski definition) is 3. The summed E-state index contributed by atoms with van der Waals surface area (Å²) < 4.78 is 27.3. The Morgan fingerprint density at radius 2 is 1.69 bits per heavy atom. The Bertz CT molecular complexity index is 1320. The van der Waals surface area contributed by atoms with Gasteiger partial charge >= 0.3 is 5.97 Å². The number of carbonyl (C=O) groups excluding carboxylic acids is 1. The second-order valence-electron chi connectivity index (χ2n) is 7.42. The van der Waals surface area contributed by atoms with Crippen LogP contribution in [-0.4, -0.2) is 29.4 Å². The summed E-state index contributed by atoms with van der Waals surface area (Å²) in [5, 5.41) is 20.3. The van der Waals surface area contributed by atoms with Crippen LogP contribution in [0.15, 0.2) is 95.9 Å². The number of aromatic hydroxyl groups is 2. The van der Waals surface area contributed by atoms with E-state index in [1.165, 1.54) is 42.3 Å². The van der Waals surface area contributed by atoms with Gasteiger partial charge in [0.05, 0.1) is 0 Å². The van der Waals surface area contributed by atoms with Crippen molar-refractivity contribution in [3.05, 3.63) is 102 Å². The quantitative estimate of drug-likeness (QED) is 0.145. The van der Waals surface area contributed by atoms with E-state index in [4.69, 9.17) is 9.47 Å². The van der Waals surface area contributed by atoms with Gasteiger partial charge in [-0.05, 0) is 72.1 Å². The zero-order valence-corrected chi connectivity index (χ0v) is 19.3. The molecule has 4 aromatic carbocycles. The number of benzene rings is 4. The summed E-state index contributed by atoms with van der Waals surface area (Å²) in [6.07, 6.45) is 0. The van der Waals surface area contributed by atoms with E-state index >= 15 is 0 Å². The van der Waals surface area contributed by atoms with Crippen molar-refractivity contribution in [3.63, 3.8) is 0 Å². The Morgan fingerprint density at radius 3 is 2.49 bits per heavy atom. The van der Waals surface area contributed by atoms with Gasteiger partial charge in [-0.2, -0.15) is 0 Å². The molecule has 0 radical (unpaired) electrons. The van der Waals surface area contributed by atoms with Crippen molar-refractivity contribution in [2.75, 3.05) is 17.9 Å². The summed E-state index contributed by atoms with van der Waals surface area (Å²) >= 11 is 1.26. The highest BCUT2D eigenvalue weighted by Gasteiger charge is 2.14. The van der Waals surface area contributed by atoms with E-state index in [1.54, 1.807) is 36.4 Å². The molecule has 0 aromatic heterocycles. The van der Waals surface area contributed by atoms with Gasteiger partial charge in [0.25, 0.3) is 0 Å². The number of nitrogens with one attached hydrogen (secondary N) is 1. The number of para-hydroxylation sites is 1. The van der Waals surface area contributed by atoms with Crippen LogP contribution in [0.1, 0.15) is 10.4 Å². The fourth-order valence-corrected chi connectivity index (χ4v) is 3.94. The molecule has 4 rings (SSSR count). The fraction of sp³-hybridized carbons (Fsp3) is 0.0741. The first-order valence-electron chi connectivity index (χ1n) is 10.7. The Labute approximate surface area is 206 Å². The molecule has 0 spiro atoms. The summed E-state index contributed by atoms with van der Waals surface area (Å²) in [4.78, 5) is 13.1. The molecule has 0 aliphatic rings. The van der Waals surface area contributed by atoms with Gasteiger partial charge in [0.15, 0.2) is 0 Å². The van der Waals surface area contributed by atoms with Gasteiger partial charge in [-0.1, -0.05) is 30.3 Å². The molecule has 0 unspecified atom stereocenters. The van der Waals surface area contributed by atoms with Crippen molar-refractivity contribution in [2.45, 2.75) is 4.90 Å². The summed E-state index contributed by atoms with van der Waals surface area (Å²) in [5.74, 6) is -0.645. The van der Waals surface area contributed by atoms with Crippen molar-refractivity contribution >= 4 is 23.6 Å². The van der Waals surface area contributed by atoms with Crippen LogP contribution in [0.2, 0.25) is 0 Å². The molecular weight excluding hydrogens is 469 g/mol. The normalized spacial score (nSPS) is 10.5. The Hall–Kier alpha value is -4.17. The van der Waals surface area contributed by atoms with Gasteiger partial charge in [0, 0.05) is 22.2 Å². The lowest BCUT2D eigenvalue weighted by molar-refractivity contribution is 0.0447. The maximum atomic E-state index is 13.6. The number of carbonyl (C=O) groups is 1. The predicted molar refractivity (Wildman–Crippen MR) is 133 cm³/mol. The molecule has 0 saturated carbocycles. The van der Waals surface area contributed by atoms with Crippen LogP contribution in [0.25, 0.3) is 11.1 Å². The second-order valence-corrected chi connectivity index (χ2v) is 8.30. The molecule has 0 heterocycles. The summed E-state index contributed by atoms with van der Waals surface area (Å²) in [7, 11) is 0. The lowest BCUT2D eigenvalue weighted by atomic mass is 10.0. The molecule has 0 saturated heterocycles. The number of esters is 1. The molecule has 0 aliphatic carbocycles. The van der Waals surface area contributed by atoms with E-state index in [-0.39, 0.29) is 30.3 Å². The van der Waals surface area contributed by atoms with Crippen LogP contribution in [0.5, 0.6) is 17.2 Å². The molecule has 0 bridgehead atoms. The zero-order valence-electron chi connectivity index (χ0n) is 18.5. The summed E-state index contributed by atoms with van der Waals surface area (Å²) in [6, 6.07) is 24.7. The van der Waals surface area contributed by atoms with E-state index in [1.807, 2.05) is 24.3 Å². The van der Waals surface area contributed by atoms with Crippen LogP contribution in [-0.2, 0) is 4.74 Å². The van der Waals surface area contributed by atoms with Gasteiger partial charge in [-0.15, -0.1) is 0 Å². The van der Waals surface area contributed by atoms with Crippen LogP contribution < -0.4 is 9.46 Å². The van der Waals surface area contributed by atoms with Gasteiger partial charge in [0.1, 0.15) is 41.8 Å². The van der Waals surface area contributed by atoms with Gasteiger partial charge in [0.2, 0.25) is 0 Å². The number of halogens is 1. The van der Waals surface area contributed by atoms with Gasteiger partial charge < -0.3 is 24.4 Å². The monoisotopic (exact) mass is 491 g/mol. The molecule has 0 atom stereocenters. The first-order chi connectivity index (χ1) is 17.0. The third-order valence-corrected chi connectivity index (χ3v) is 5.76. The minimum Gasteiger partial charge on any atom is -0.507 e. The van der Waals surface area contributed by atoms with Gasteiger partial charge in [-0.25, -0.2) is 9.18 Å². The Morgan fingerprint density at radius 1 is 0.857 bits per heavy atom. The molecule has 8 heteroatoms. The maximum Gasteiger partial charge on any atom is 0.342 e. The number of rotatable bonds is 9. The lowest BCUT2D eigenvalue weighted by Gasteiger charge is -2.11. The lowest BCUT2D eigenvalue weighted by Crippen LogP contribution is -2.12. The highest BCUT2D eigenvalue weighted by atomic mass is 32.2. The summed E-state index contributed by atoms with van der Waals surface area (Å²) in [6.45, 7) is 0.236. The minimum atomic E-state index is -0.652. The highest BCUT2D eigenvalue weighted by Crippen LogP contribution is 2.33. The standard InChI is InChI=1S/C27H22FNO5S/c28-19-9-12-25(30)24(16-19)18-5-4-8-22(15-18)35-29-20-10-11-23(26(31)17-20)27(32)34-14-13-33-21-6-2-1-3-7-21/h1-12,15-17,29-31H,13-14H2. The first kappa shape index (κ1) is 24.0. The van der Waals surface area contributed by atoms with Gasteiger partial charge in [-0.3, -0.25) is 0 Å². The van der Waals surface area contributed by atoms with Crippen molar-refractivity contribution in [2.24, 2.45) is 0 Å². The second kappa shape index (κ2) is 11.3. The molecule has 6 nitrogen and oxygen atoms in total. The first-order valence-corrected chi connectivity index (χ1v) is 11.5.